The highest BCUT2D eigenvalue weighted by Crippen LogP contribution is 2.30. The molecule has 8 nitrogen and oxygen atoms in total. The molecule has 0 spiro atoms. The Morgan fingerprint density at radius 1 is 1.29 bits per heavy atom. The summed E-state index contributed by atoms with van der Waals surface area (Å²) in [6, 6.07) is 2.48. The molecule has 15 heteroatoms. The fraction of sp³-hybridized carbons (Fsp3) is 0.105. The largest absolute Gasteiger partial charge is 0.432 e. The predicted molar refractivity (Wildman–Crippen MR) is 115 cm³/mol. The molecule has 0 radical (unpaired) electrons. The SMILES string of the molecule is CN=C/C(=C(\N)C(F)(F)F)S(=O)(=O)Nc1ccc(F)c(C(=O)c2c[nH]c3ncc(Cl)cc23)c1F. The van der Waals surface area contributed by atoms with E-state index in [9.17, 15) is 30.8 Å². The lowest BCUT2D eigenvalue weighted by Gasteiger charge is -2.15. The van der Waals surface area contributed by atoms with Crippen LogP contribution in [-0.2, 0) is 10.0 Å². The number of ketones is 1. The highest BCUT2D eigenvalue weighted by atomic mass is 35.5. The van der Waals surface area contributed by atoms with Crippen molar-refractivity contribution in [1.29, 1.82) is 0 Å². The zero-order chi connectivity index (χ0) is 25.4. The molecule has 0 aliphatic heterocycles. The van der Waals surface area contributed by atoms with Crippen molar-refractivity contribution in [1.82, 2.24) is 9.97 Å². The first-order valence-electron chi connectivity index (χ1n) is 8.95. The Labute approximate surface area is 193 Å². The Hall–Kier alpha value is -3.52. The average Bonchev–Trinajstić information content (AvgIpc) is 3.15. The van der Waals surface area contributed by atoms with E-state index in [2.05, 4.69) is 15.0 Å². The number of alkyl halides is 3. The number of hydrogen-bond acceptors (Lipinski definition) is 6. The van der Waals surface area contributed by atoms with Gasteiger partial charge in [-0.3, -0.25) is 14.5 Å². The van der Waals surface area contributed by atoms with E-state index < -0.39 is 55.5 Å². The Bertz CT molecular complexity index is 1460. The van der Waals surface area contributed by atoms with Crippen LogP contribution < -0.4 is 10.5 Å². The van der Waals surface area contributed by atoms with Gasteiger partial charge in [0.05, 0.1) is 16.3 Å². The van der Waals surface area contributed by atoms with Crippen molar-refractivity contribution in [2.24, 2.45) is 10.7 Å². The second kappa shape index (κ2) is 9.02. The highest BCUT2D eigenvalue weighted by molar-refractivity contribution is 7.97. The summed E-state index contributed by atoms with van der Waals surface area (Å²) < 4.78 is 95.1. The van der Waals surface area contributed by atoms with Gasteiger partial charge in [0.2, 0.25) is 5.78 Å². The number of nitrogens with two attached hydrogens (primary N) is 1. The topological polar surface area (TPSA) is 130 Å². The average molecular weight is 522 g/mol. The Morgan fingerprint density at radius 2 is 1.97 bits per heavy atom. The second-order valence-electron chi connectivity index (χ2n) is 6.63. The molecule has 180 valence electrons. The number of aromatic nitrogens is 2. The minimum atomic E-state index is -5.25. The number of rotatable bonds is 6. The molecule has 2 heterocycles. The number of nitrogens with one attached hydrogen (secondary N) is 2. The van der Waals surface area contributed by atoms with E-state index in [0.29, 0.717) is 18.3 Å². The van der Waals surface area contributed by atoms with Crippen LogP contribution >= 0.6 is 11.6 Å². The van der Waals surface area contributed by atoms with Gasteiger partial charge < -0.3 is 10.7 Å². The molecule has 34 heavy (non-hydrogen) atoms. The summed E-state index contributed by atoms with van der Waals surface area (Å²) in [5.74, 6) is -4.22. The number of fused-ring (bicyclic) bond motifs is 1. The van der Waals surface area contributed by atoms with Crippen LogP contribution in [0.15, 0.2) is 46.2 Å². The number of allylic oxidation sites excluding steroid dienone is 2. The van der Waals surface area contributed by atoms with E-state index >= 15 is 4.39 Å². The second-order valence-corrected chi connectivity index (χ2v) is 8.72. The molecular weight excluding hydrogens is 509 g/mol. The number of benzene rings is 1. The lowest BCUT2D eigenvalue weighted by molar-refractivity contribution is -0.0927. The molecule has 0 aliphatic carbocycles. The van der Waals surface area contributed by atoms with E-state index in [1.165, 1.54) is 12.3 Å². The molecule has 0 saturated heterocycles. The highest BCUT2D eigenvalue weighted by Gasteiger charge is 2.38. The fourth-order valence-corrected chi connectivity index (χ4v) is 4.24. The number of halogens is 6. The molecule has 0 aliphatic rings. The number of aliphatic imine (C=N–C) groups is 1. The van der Waals surface area contributed by atoms with Gasteiger partial charge in [-0.25, -0.2) is 22.2 Å². The maximum atomic E-state index is 15.1. The zero-order valence-electron chi connectivity index (χ0n) is 16.8. The van der Waals surface area contributed by atoms with Crippen molar-refractivity contribution in [2.75, 3.05) is 11.8 Å². The standard InChI is InChI=1S/C19H13ClF5N5O3S/c1-27-7-13(17(26)19(23,24)25)34(32,33)30-12-3-2-11(21)14(15(12)22)16(31)10-6-29-18-9(10)4-8(20)5-28-18/h2-7,30H,26H2,1H3,(H,28,29)/b17-13+,27-7?. The van der Waals surface area contributed by atoms with E-state index in [1.807, 2.05) is 0 Å². The minimum absolute atomic E-state index is 0.128. The molecule has 2 aromatic heterocycles. The first-order chi connectivity index (χ1) is 15.8. The van der Waals surface area contributed by atoms with Gasteiger partial charge >= 0.3 is 6.18 Å². The molecule has 0 saturated carbocycles. The van der Waals surface area contributed by atoms with Crippen LogP contribution in [0.5, 0.6) is 0 Å². The summed E-state index contributed by atoms with van der Waals surface area (Å²) in [6.45, 7) is 0. The molecule has 4 N–H and O–H groups in total. The smallest absolute Gasteiger partial charge is 0.394 e. The van der Waals surface area contributed by atoms with Crippen molar-refractivity contribution < 1.29 is 35.2 Å². The third kappa shape index (κ3) is 4.72. The lowest BCUT2D eigenvalue weighted by Crippen LogP contribution is -2.28. The van der Waals surface area contributed by atoms with Gasteiger partial charge in [0.1, 0.15) is 22.1 Å². The third-order valence-corrected chi connectivity index (χ3v) is 6.01. The van der Waals surface area contributed by atoms with Crippen molar-refractivity contribution >= 4 is 50.3 Å². The number of nitrogens with zero attached hydrogens (tertiary/aromatic N) is 2. The lowest BCUT2D eigenvalue weighted by atomic mass is 10.0. The van der Waals surface area contributed by atoms with Crippen LogP contribution in [-0.4, -0.2) is 43.6 Å². The molecule has 3 aromatic rings. The Balaban J connectivity index is 2.11. The molecular formula is C19H13ClF5N5O3S. The van der Waals surface area contributed by atoms with Crippen LogP contribution in [0.1, 0.15) is 15.9 Å². The van der Waals surface area contributed by atoms with Gasteiger partial charge in [0.15, 0.2) is 5.82 Å². The van der Waals surface area contributed by atoms with Crippen LogP contribution in [0.4, 0.5) is 27.6 Å². The van der Waals surface area contributed by atoms with E-state index in [4.69, 9.17) is 17.3 Å². The summed E-state index contributed by atoms with van der Waals surface area (Å²) >= 11 is 5.85. The van der Waals surface area contributed by atoms with Gasteiger partial charge in [-0.05, 0) is 18.2 Å². The number of carbonyl (C=O) groups excluding carboxylic acids is 1. The van der Waals surface area contributed by atoms with Gasteiger partial charge in [-0.2, -0.15) is 13.2 Å². The molecule has 1 aromatic carbocycles. The number of aromatic amines is 1. The van der Waals surface area contributed by atoms with Crippen LogP contribution in [0.25, 0.3) is 11.0 Å². The van der Waals surface area contributed by atoms with E-state index in [0.717, 1.165) is 13.2 Å². The number of carbonyl (C=O) groups is 1. The first kappa shape index (κ1) is 25.1. The van der Waals surface area contributed by atoms with Crippen molar-refractivity contribution in [2.45, 2.75) is 6.18 Å². The van der Waals surface area contributed by atoms with Crippen molar-refractivity contribution in [3.05, 3.63) is 69.0 Å². The van der Waals surface area contributed by atoms with Crippen LogP contribution in [0.2, 0.25) is 5.02 Å². The normalized spacial score (nSPS) is 13.4. The Morgan fingerprint density at radius 3 is 2.59 bits per heavy atom. The summed E-state index contributed by atoms with van der Waals surface area (Å²) in [6.07, 6.45) is -2.56. The minimum Gasteiger partial charge on any atom is -0.394 e. The van der Waals surface area contributed by atoms with E-state index in [-0.39, 0.29) is 21.6 Å². The molecule has 0 bridgehead atoms. The number of hydrogen-bond donors (Lipinski definition) is 3. The van der Waals surface area contributed by atoms with Crippen molar-refractivity contribution in [3.63, 3.8) is 0 Å². The summed E-state index contributed by atoms with van der Waals surface area (Å²) in [4.78, 5) is 21.2. The maximum Gasteiger partial charge on any atom is 0.432 e. The monoisotopic (exact) mass is 521 g/mol. The molecule has 0 unspecified atom stereocenters. The summed E-state index contributed by atoms with van der Waals surface area (Å²) in [7, 11) is -4.18. The van der Waals surface area contributed by atoms with Crippen molar-refractivity contribution in [3.8, 4) is 0 Å². The van der Waals surface area contributed by atoms with E-state index in [1.54, 1.807) is 4.72 Å². The zero-order valence-corrected chi connectivity index (χ0v) is 18.4. The molecule has 3 rings (SSSR count). The first-order valence-corrected chi connectivity index (χ1v) is 10.8. The predicted octanol–water partition coefficient (Wildman–Crippen LogP) is 3.90. The molecule has 0 atom stereocenters. The van der Waals surface area contributed by atoms with Gasteiger partial charge in [0.25, 0.3) is 10.0 Å². The quantitative estimate of drug-likeness (QED) is 0.257. The molecule has 0 amide bonds. The Kier molecular flexibility index (Phi) is 6.66. The number of anilines is 1. The van der Waals surface area contributed by atoms with Gasteiger partial charge in [0, 0.05) is 36.6 Å². The van der Waals surface area contributed by atoms with Crippen LogP contribution in [0.3, 0.4) is 0 Å². The van der Waals surface area contributed by atoms with Gasteiger partial charge in [-0.15, -0.1) is 0 Å². The number of H-pyrrole nitrogens is 1. The molecule has 0 fully saturated rings. The summed E-state index contributed by atoms with van der Waals surface area (Å²) in [5.41, 5.74) is 0.665. The van der Waals surface area contributed by atoms with Crippen LogP contribution in [0, 0.1) is 11.6 Å². The van der Waals surface area contributed by atoms with Gasteiger partial charge in [-0.1, -0.05) is 11.6 Å². The summed E-state index contributed by atoms with van der Waals surface area (Å²) in [5, 5.41) is 0.257. The number of pyridine rings is 1. The number of sulfonamides is 1. The maximum absolute atomic E-state index is 15.1. The third-order valence-electron chi connectivity index (χ3n) is 4.41. The fourth-order valence-electron chi connectivity index (χ4n) is 2.88.